The molecule has 5 rings (SSSR count). The summed E-state index contributed by atoms with van der Waals surface area (Å²) in [5, 5.41) is 8.99. The first kappa shape index (κ1) is 23.2. The van der Waals surface area contributed by atoms with Gasteiger partial charge in [0.2, 0.25) is 5.91 Å². The number of anilines is 1. The molecule has 7 nitrogen and oxygen atoms in total. The van der Waals surface area contributed by atoms with E-state index in [0.29, 0.717) is 42.0 Å². The summed E-state index contributed by atoms with van der Waals surface area (Å²) in [6, 6.07) is 5.58. The number of nitrogens with zero attached hydrogens (tertiary/aromatic N) is 5. The van der Waals surface area contributed by atoms with Crippen LogP contribution in [-0.4, -0.2) is 56.6 Å². The summed E-state index contributed by atoms with van der Waals surface area (Å²) in [5.74, 6) is 0.0441. The Kier molecular flexibility index (Phi) is 5.92. The molecule has 0 saturated carbocycles. The van der Waals surface area contributed by atoms with E-state index in [1.165, 1.54) is 12.4 Å². The van der Waals surface area contributed by atoms with E-state index < -0.39 is 5.82 Å². The van der Waals surface area contributed by atoms with Crippen molar-refractivity contribution in [1.82, 2.24) is 25.1 Å². The van der Waals surface area contributed by atoms with Gasteiger partial charge in [0.1, 0.15) is 17.7 Å². The fourth-order valence-electron chi connectivity index (χ4n) is 5.09. The van der Waals surface area contributed by atoms with E-state index in [-0.39, 0.29) is 22.5 Å². The summed E-state index contributed by atoms with van der Waals surface area (Å²) < 4.78 is 16.2. The number of rotatable bonds is 4. The van der Waals surface area contributed by atoms with E-state index in [0.717, 1.165) is 28.6 Å². The van der Waals surface area contributed by atoms with Gasteiger partial charge in [0.25, 0.3) is 0 Å². The summed E-state index contributed by atoms with van der Waals surface area (Å²) >= 11 is 6.78. The third kappa shape index (κ3) is 3.72. The predicted molar refractivity (Wildman–Crippen MR) is 137 cm³/mol. The number of carbonyl (C=O) groups is 1. The number of fused-ring (bicyclic) bond motifs is 2. The Hall–Kier alpha value is -3.52. The van der Waals surface area contributed by atoms with Crippen LogP contribution in [0.5, 0.6) is 0 Å². The van der Waals surface area contributed by atoms with Crippen molar-refractivity contribution >= 4 is 45.1 Å². The molecule has 0 radical (unpaired) electrons. The third-order valence-electron chi connectivity index (χ3n) is 6.87. The van der Waals surface area contributed by atoms with E-state index >= 15 is 4.39 Å². The van der Waals surface area contributed by atoms with Gasteiger partial charge in [-0.1, -0.05) is 31.2 Å². The average molecular weight is 493 g/mol. The Bertz CT molecular complexity index is 1480. The van der Waals surface area contributed by atoms with E-state index in [1.807, 2.05) is 37.8 Å². The number of nitrogens with one attached hydrogen (secondary N) is 1. The van der Waals surface area contributed by atoms with Crippen LogP contribution < -0.4 is 4.90 Å². The minimum atomic E-state index is -0.486. The fourth-order valence-corrected chi connectivity index (χ4v) is 5.38. The second-order valence-electron chi connectivity index (χ2n) is 8.88. The first-order valence-corrected chi connectivity index (χ1v) is 12.0. The first-order valence-electron chi connectivity index (χ1n) is 11.6. The van der Waals surface area contributed by atoms with E-state index in [2.05, 4.69) is 31.6 Å². The van der Waals surface area contributed by atoms with Crippen molar-refractivity contribution < 1.29 is 9.18 Å². The van der Waals surface area contributed by atoms with Crippen LogP contribution in [0, 0.1) is 19.7 Å². The van der Waals surface area contributed by atoms with Gasteiger partial charge in [-0.2, -0.15) is 5.10 Å². The Morgan fingerprint density at radius 3 is 2.83 bits per heavy atom. The molecule has 1 aliphatic heterocycles. The summed E-state index contributed by atoms with van der Waals surface area (Å²) in [6.45, 7) is 11.2. The standard InChI is InChI=1S/C26H26ClFN6O/c1-5-16-12-33(9-10-34(16)20(35)6-2)26-17-11-18(27)23(24(28)25(17)29-13-30-26)21-14(3)7-8-19-22(21)15(4)31-32-19/h6-8,11,13,16H,2,5,9-10,12H2,1,3-4H3,(H,31,32). The molecule has 4 aromatic rings. The number of halogens is 2. The predicted octanol–water partition coefficient (Wildman–Crippen LogP) is 5.20. The van der Waals surface area contributed by atoms with Crippen molar-refractivity contribution in [2.45, 2.75) is 33.2 Å². The summed E-state index contributed by atoms with van der Waals surface area (Å²) in [7, 11) is 0. The van der Waals surface area contributed by atoms with Crippen LogP contribution >= 0.6 is 11.6 Å². The van der Waals surface area contributed by atoms with E-state index in [1.54, 1.807) is 6.07 Å². The maximum Gasteiger partial charge on any atom is 0.246 e. The highest BCUT2D eigenvalue weighted by Crippen LogP contribution is 2.42. The van der Waals surface area contributed by atoms with Gasteiger partial charge < -0.3 is 9.80 Å². The number of hydrogen-bond donors (Lipinski definition) is 1. The summed E-state index contributed by atoms with van der Waals surface area (Å²) in [4.78, 5) is 25.0. The molecule has 9 heteroatoms. The van der Waals surface area contributed by atoms with Gasteiger partial charge in [-0.25, -0.2) is 14.4 Å². The van der Waals surface area contributed by atoms with Crippen molar-refractivity contribution in [2.24, 2.45) is 0 Å². The summed E-state index contributed by atoms with van der Waals surface area (Å²) in [5.41, 5.74) is 3.72. The zero-order chi connectivity index (χ0) is 24.9. The lowest BCUT2D eigenvalue weighted by atomic mass is 9.94. The van der Waals surface area contributed by atoms with Gasteiger partial charge in [-0.15, -0.1) is 0 Å². The smallest absolute Gasteiger partial charge is 0.246 e. The van der Waals surface area contributed by atoms with Gasteiger partial charge in [0.05, 0.1) is 10.5 Å². The van der Waals surface area contributed by atoms with Crippen molar-refractivity contribution in [1.29, 1.82) is 0 Å². The topological polar surface area (TPSA) is 78.0 Å². The second kappa shape index (κ2) is 8.92. The maximum absolute atomic E-state index is 16.2. The van der Waals surface area contributed by atoms with Crippen LogP contribution in [0.3, 0.4) is 0 Å². The molecule has 3 heterocycles. The average Bonchev–Trinajstić information content (AvgIpc) is 3.24. The van der Waals surface area contributed by atoms with Crippen molar-refractivity contribution in [3.8, 4) is 11.1 Å². The number of benzene rings is 2. The molecule has 180 valence electrons. The maximum atomic E-state index is 16.2. The van der Waals surface area contributed by atoms with Gasteiger partial charge in [-0.05, 0) is 44.0 Å². The second-order valence-corrected chi connectivity index (χ2v) is 9.29. The first-order chi connectivity index (χ1) is 16.8. The Balaban J connectivity index is 1.64. The van der Waals surface area contributed by atoms with Crippen LogP contribution in [0.15, 0.2) is 37.2 Å². The normalized spacial score (nSPS) is 16.3. The van der Waals surface area contributed by atoms with Crippen molar-refractivity contribution in [2.75, 3.05) is 24.5 Å². The molecule has 1 aliphatic rings. The lowest BCUT2D eigenvalue weighted by molar-refractivity contribution is -0.128. The van der Waals surface area contributed by atoms with E-state index in [9.17, 15) is 4.79 Å². The molecule has 1 saturated heterocycles. The van der Waals surface area contributed by atoms with Crippen LogP contribution in [0.4, 0.5) is 10.2 Å². The van der Waals surface area contributed by atoms with Crippen molar-refractivity contribution in [3.05, 3.63) is 59.3 Å². The molecule has 1 unspecified atom stereocenters. The Morgan fingerprint density at radius 1 is 1.29 bits per heavy atom. The van der Waals surface area contributed by atoms with Crippen LogP contribution in [0.1, 0.15) is 24.6 Å². The molecule has 1 fully saturated rings. The highest BCUT2D eigenvalue weighted by molar-refractivity contribution is 6.35. The molecule has 35 heavy (non-hydrogen) atoms. The van der Waals surface area contributed by atoms with Gasteiger partial charge in [-0.3, -0.25) is 9.89 Å². The Morgan fingerprint density at radius 2 is 2.09 bits per heavy atom. The minimum absolute atomic E-state index is 0.00294. The molecular weight excluding hydrogens is 467 g/mol. The van der Waals surface area contributed by atoms with Crippen LogP contribution in [0.25, 0.3) is 32.9 Å². The van der Waals surface area contributed by atoms with Crippen molar-refractivity contribution in [3.63, 3.8) is 0 Å². The molecule has 0 spiro atoms. The molecule has 1 atom stereocenters. The number of H-pyrrole nitrogens is 1. The van der Waals surface area contributed by atoms with Crippen LogP contribution in [-0.2, 0) is 4.79 Å². The highest BCUT2D eigenvalue weighted by atomic mass is 35.5. The fraction of sp³-hybridized carbons (Fsp3) is 0.308. The third-order valence-corrected chi connectivity index (χ3v) is 7.17. The lowest BCUT2D eigenvalue weighted by Crippen LogP contribution is -2.55. The highest BCUT2D eigenvalue weighted by Gasteiger charge is 2.30. The van der Waals surface area contributed by atoms with Gasteiger partial charge in [0.15, 0.2) is 5.82 Å². The largest absolute Gasteiger partial charge is 0.352 e. The molecule has 2 aromatic carbocycles. The zero-order valence-corrected chi connectivity index (χ0v) is 20.7. The SMILES string of the molecule is C=CC(=O)N1CCN(c2ncnc3c(F)c(-c4c(C)ccc5n[nH]c(C)c45)c(Cl)cc23)CC1CC. The minimum Gasteiger partial charge on any atom is -0.352 e. The van der Waals surface area contributed by atoms with Crippen LogP contribution in [0.2, 0.25) is 5.02 Å². The number of aryl methyl sites for hydroxylation is 2. The molecular formula is C26H26ClFN6O. The van der Waals surface area contributed by atoms with E-state index in [4.69, 9.17) is 11.6 Å². The molecule has 1 amide bonds. The molecule has 2 aromatic heterocycles. The Labute approximate surface area is 207 Å². The molecule has 0 aliphatic carbocycles. The molecule has 0 bridgehead atoms. The number of amides is 1. The quantitative estimate of drug-likeness (QED) is 0.396. The lowest BCUT2D eigenvalue weighted by Gasteiger charge is -2.41. The summed E-state index contributed by atoms with van der Waals surface area (Å²) in [6.07, 6.45) is 3.52. The number of hydrogen-bond acceptors (Lipinski definition) is 5. The number of carbonyl (C=O) groups excluding carboxylic acids is 1. The number of piperazine rings is 1. The molecule has 1 N–H and O–H groups in total. The number of aromatic nitrogens is 4. The number of aromatic amines is 1. The van der Waals surface area contributed by atoms with Gasteiger partial charge in [0, 0.05) is 53.3 Å². The van der Waals surface area contributed by atoms with Gasteiger partial charge >= 0.3 is 0 Å². The zero-order valence-electron chi connectivity index (χ0n) is 19.9. The monoisotopic (exact) mass is 492 g/mol.